The van der Waals surface area contributed by atoms with E-state index < -0.39 is 5.72 Å². The molecular weight excluding hydrogens is 416 g/mol. The van der Waals surface area contributed by atoms with Gasteiger partial charge in [0.05, 0.1) is 5.41 Å². The Morgan fingerprint density at radius 3 is 2.12 bits per heavy atom. The van der Waals surface area contributed by atoms with Gasteiger partial charge in [-0.05, 0) is 43.2 Å². The normalized spacial score (nSPS) is 26.9. The topological polar surface area (TPSA) is 15.7 Å². The Labute approximate surface area is 203 Å². The summed E-state index contributed by atoms with van der Waals surface area (Å²) in [4.78, 5) is 4.78. The maximum Gasteiger partial charge on any atom is 0.192 e. The second-order valence-corrected chi connectivity index (χ2v) is 11.2. The van der Waals surface area contributed by atoms with Crippen molar-refractivity contribution in [2.24, 2.45) is 0 Å². The van der Waals surface area contributed by atoms with Crippen LogP contribution in [0.25, 0.3) is 0 Å². The van der Waals surface area contributed by atoms with Crippen molar-refractivity contribution in [2.75, 3.05) is 23.9 Å². The SMILES string of the molecule is CN1C(=CC2CC3(Oc4ccccc42)N(C)c2ccccc2C3(C)C)C(C)(C)c2ccccc21. The van der Waals surface area contributed by atoms with Crippen LogP contribution in [0.5, 0.6) is 5.75 Å². The molecule has 3 heterocycles. The van der Waals surface area contributed by atoms with Crippen LogP contribution in [0.4, 0.5) is 11.4 Å². The molecule has 0 saturated carbocycles. The molecule has 2 atom stereocenters. The van der Waals surface area contributed by atoms with Crippen molar-refractivity contribution in [1.29, 1.82) is 0 Å². The first kappa shape index (κ1) is 21.3. The van der Waals surface area contributed by atoms with Crippen molar-refractivity contribution in [3.63, 3.8) is 0 Å². The van der Waals surface area contributed by atoms with Crippen molar-refractivity contribution in [3.05, 3.63) is 101 Å². The van der Waals surface area contributed by atoms with Gasteiger partial charge in [0.15, 0.2) is 5.72 Å². The predicted molar refractivity (Wildman–Crippen MR) is 141 cm³/mol. The molecule has 0 aliphatic carbocycles. The first-order valence-electron chi connectivity index (χ1n) is 12.4. The first-order valence-corrected chi connectivity index (χ1v) is 12.4. The van der Waals surface area contributed by atoms with Crippen LogP contribution in [0.2, 0.25) is 0 Å². The van der Waals surface area contributed by atoms with E-state index in [-0.39, 0.29) is 16.7 Å². The molecule has 0 amide bonds. The lowest BCUT2D eigenvalue weighted by Gasteiger charge is -2.50. The fourth-order valence-corrected chi connectivity index (χ4v) is 6.86. The third kappa shape index (κ3) is 2.58. The van der Waals surface area contributed by atoms with Crippen molar-refractivity contribution < 1.29 is 4.74 Å². The lowest BCUT2D eigenvalue weighted by molar-refractivity contribution is -0.0105. The number of allylic oxidation sites excluding steroid dienone is 2. The van der Waals surface area contributed by atoms with Crippen molar-refractivity contribution in [1.82, 2.24) is 0 Å². The van der Waals surface area contributed by atoms with E-state index in [0.29, 0.717) is 0 Å². The molecular formula is C31H34N2O. The highest BCUT2D eigenvalue weighted by Gasteiger charge is 2.60. The van der Waals surface area contributed by atoms with Crippen molar-refractivity contribution >= 4 is 11.4 Å². The monoisotopic (exact) mass is 450 g/mol. The number of anilines is 2. The van der Waals surface area contributed by atoms with Crippen LogP contribution in [0, 0.1) is 0 Å². The Balaban J connectivity index is 1.51. The Bertz CT molecular complexity index is 1320. The van der Waals surface area contributed by atoms with Gasteiger partial charge in [0.2, 0.25) is 0 Å². The molecule has 3 aromatic rings. The van der Waals surface area contributed by atoms with E-state index in [1.54, 1.807) is 0 Å². The number of ether oxygens (including phenoxy) is 1. The third-order valence-corrected chi connectivity index (χ3v) is 8.85. The van der Waals surface area contributed by atoms with Gasteiger partial charge in [-0.2, -0.15) is 0 Å². The molecule has 3 aliphatic rings. The van der Waals surface area contributed by atoms with Gasteiger partial charge in [0, 0.05) is 54.5 Å². The summed E-state index contributed by atoms with van der Waals surface area (Å²) in [5.41, 5.74) is 7.29. The number of nitrogens with zero attached hydrogens (tertiary/aromatic N) is 2. The zero-order valence-electron chi connectivity index (χ0n) is 21.1. The summed E-state index contributed by atoms with van der Waals surface area (Å²) in [7, 11) is 4.41. The van der Waals surface area contributed by atoms with Gasteiger partial charge in [-0.25, -0.2) is 0 Å². The number of hydrogen-bond donors (Lipinski definition) is 0. The van der Waals surface area contributed by atoms with Crippen molar-refractivity contribution in [3.8, 4) is 5.75 Å². The summed E-state index contributed by atoms with van der Waals surface area (Å²) in [6, 6.07) is 26.2. The van der Waals surface area contributed by atoms with Gasteiger partial charge < -0.3 is 14.5 Å². The summed E-state index contributed by atoms with van der Waals surface area (Å²) >= 11 is 0. The molecule has 3 aromatic carbocycles. The Kier molecular flexibility index (Phi) is 4.34. The lowest BCUT2D eigenvalue weighted by Crippen LogP contribution is -2.61. The molecule has 3 heteroatoms. The van der Waals surface area contributed by atoms with Gasteiger partial charge in [0.1, 0.15) is 5.75 Å². The Morgan fingerprint density at radius 1 is 0.794 bits per heavy atom. The summed E-state index contributed by atoms with van der Waals surface area (Å²) in [5.74, 6) is 1.24. The highest BCUT2D eigenvalue weighted by molar-refractivity contribution is 5.71. The third-order valence-electron chi connectivity index (χ3n) is 8.85. The van der Waals surface area contributed by atoms with Gasteiger partial charge in [-0.1, -0.05) is 74.5 Å². The quantitative estimate of drug-likeness (QED) is 0.397. The van der Waals surface area contributed by atoms with Crippen LogP contribution >= 0.6 is 0 Å². The highest BCUT2D eigenvalue weighted by Crippen LogP contribution is 2.58. The molecule has 6 rings (SSSR count). The minimum absolute atomic E-state index is 0.0498. The zero-order valence-corrected chi connectivity index (χ0v) is 21.1. The molecule has 0 aromatic heterocycles. The molecule has 3 nitrogen and oxygen atoms in total. The zero-order chi connectivity index (χ0) is 23.9. The molecule has 0 saturated heterocycles. The summed E-state index contributed by atoms with van der Waals surface area (Å²) < 4.78 is 7.01. The highest BCUT2D eigenvalue weighted by atomic mass is 16.5. The van der Waals surface area contributed by atoms with E-state index in [9.17, 15) is 0 Å². The summed E-state index contributed by atoms with van der Waals surface area (Å²) in [5, 5.41) is 0. The molecule has 0 fully saturated rings. The van der Waals surface area contributed by atoms with Crippen LogP contribution in [-0.4, -0.2) is 19.8 Å². The lowest BCUT2D eigenvalue weighted by atomic mass is 9.70. The van der Waals surface area contributed by atoms with Gasteiger partial charge >= 0.3 is 0 Å². The van der Waals surface area contributed by atoms with E-state index in [0.717, 1.165) is 12.2 Å². The minimum Gasteiger partial charge on any atom is -0.467 e. The maximum absolute atomic E-state index is 7.01. The van der Waals surface area contributed by atoms with E-state index in [2.05, 4.69) is 130 Å². The fourth-order valence-electron chi connectivity index (χ4n) is 6.86. The summed E-state index contributed by atoms with van der Waals surface area (Å²) in [6.07, 6.45) is 3.42. The smallest absolute Gasteiger partial charge is 0.192 e. The Hall–Kier alpha value is -3.20. The molecule has 3 aliphatic heterocycles. The first-order chi connectivity index (χ1) is 16.2. The number of hydrogen-bond acceptors (Lipinski definition) is 3. The second-order valence-electron chi connectivity index (χ2n) is 11.2. The Morgan fingerprint density at radius 2 is 1.41 bits per heavy atom. The van der Waals surface area contributed by atoms with Crippen LogP contribution in [0.1, 0.15) is 56.7 Å². The average molecular weight is 451 g/mol. The molecule has 2 unspecified atom stereocenters. The number of fused-ring (bicyclic) bond motifs is 3. The largest absolute Gasteiger partial charge is 0.467 e. The van der Waals surface area contributed by atoms with E-state index >= 15 is 0 Å². The minimum atomic E-state index is -0.457. The van der Waals surface area contributed by atoms with Crippen molar-refractivity contribution in [2.45, 2.75) is 56.6 Å². The van der Waals surface area contributed by atoms with E-state index in [4.69, 9.17) is 4.74 Å². The molecule has 0 N–H and O–H groups in total. The van der Waals surface area contributed by atoms with Crippen LogP contribution < -0.4 is 14.5 Å². The van der Waals surface area contributed by atoms with Gasteiger partial charge in [-0.3, -0.25) is 0 Å². The number of rotatable bonds is 1. The maximum atomic E-state index is 7.01. The van der Waals surface area contributed by atoms with Crippen LogP contribution in [0.15, 0.2) is 84.6 Å². The van der Waals surface area contributed by atoms with Gasteiger partial charge in [0.25, 0.3) is 0 Å². The van der Waals surface area contributed by atoms with Crippen LogP contribution in [0.3, 0.4) is 0 Å². The molecule has 174 valence electrons. The molecule has 0 bridgehead atoms. The fraction of sp³-hybridized carbons (Fsp3) is 0.355. The van der Waals surface area contributed by atoms with Gasteiger partial charge in [-0.15, -0.1) is 0 Å². The number of benzene rings is 3. The molecule has 0 radical (unpaired) electrons. The number of para-hydroxylation sites is 3. The van der Waals surface area contributed by atoms with E-state index in [1.807, 2.05) is 0 Å². The standard InChI is InChI=1S/C31H34N2O/c1-29(2)23-14-8-10-16-25(23)32(5)28(29)19-21-20-31(34-27-18-12-7-13-22(21)27)30(3,4)24-15-9-11-17-26(24)33(31)6/h7-19,21H,20H2,1-6H3. The predicted octanol–water partition coefficient (Wildman–Crippen LogP) is 6.99. The van der Waals surface area contributed by atoms with Crippen LogP contribution in [-0.2, 0) is 10.8 Å². The summed E-state index contributed by atoms with van der Waals surface area (Å²) in [6.45, 7) is 9.39. The van der Waals surface area contributed by atoms with E-state index in [1.165, 1.54) is 33.8 Å². The number of likely N-dealkylation sites (N-methyl/N-ethyl adjacent to an activating group) is 2. The molecule has 34 heavy (non-hydrogen) atoms. The second kappa shape index (κ2) is 6.91. The molecule has 1 spiro atoms. The average Bonchev–Trinajstić information content (AvgIpc) is 3.12.